The van der Waals surface area contributed by atoms with Gasteiger partial charge in [-0.1, -0.05) is 19.9 Å². The molecular weight excluding hydrogens is 374 g/mol. The Labute approximate surface area is 157 Å². The smallest absolute Gasteiger partial charge is 0.251 e. The third kappa shape index (κ3) is 5.03. The summed E-state index contributed by atoms with van der Waals surface area (Å²) in [7, 11) is -3.68. The Morgan fingerprint density at radius 2 is 1.96 bits per heavy atom. The van der Waals surface area contributed by atoms with Gasteiger partial charge in [0.2, 0.25) is 15.9 Å². The van der Waals surface area contributed by atoms with Crippen molar-refractivity contribution in [2.24, 2.45) is 0 Å². The summed E-state index contributed by atoms with van der Waals surface area (Å²) in [6.45, 7) is 4.41. The molecule has 0 aliphatic heterocycles. The molecule has 2 aromatic heterocycles. The number of hydrogen-bond acceptors (Lipinski definition) is 5. The predicted molar refractivity (Wildman–Crippen MR) is 102 cm³/mol. The molecule has 9 heteroatoms. The zero-order valence-electron chi connectivity index (χ0n) is 14.8. The van der Waals surface area contributed by atoms with Crippen molar-refractivity contribution in [2.45, 2.75) is 31.7 Å². The minimum atomic E-state index is -3.68. The van der Waals surface area contributed by atoms with Crippen LogP contribution in [0.4, 0.5) is 0 Å². The van der Waals surface area contributed by atoms with Gasteiger partial charge in [-0.3, -0.25) is 9.59 Å². The van der Waals surface area contributed by atoms with Crippen molar-refractivity contribution < 1.29 is 13.2 Å². The molecule has 0 aliphatic rings. The van der Waals surface area contributed by atoms with Gasteiger partial charge < -0.3 is 9.88 Å². The number of amides is 1. The number of thiophene rings is 1. The molecule has 142 valence electrons. The summed E-state index contributed by atoms with van der Waals surface area (Å²) in [6.07, 6.45) is 1.95. The molecule has 0 unspecified atom stereocenters. The highest BCUT2D eigenvalue weighted by Gasteiger charge is 2.22. The van der Waals surface area contributed by atoms with E-state index in [0.29, 0.717) is 26.1 Å². The number of rotatable bonds is 9. The zero-order valence-corrected chi connectivity index (χ0v) is 16.5. The van der Waals surface area contributed by atoms with Crippen LogP contribution in [0.2, 0.25) is 0 Å². The van der Waals surface area contributed by atoms with Gasteiger partial charge in [-0.25, -0.2) is 8.42 Å². The lowest BCUT2D eigenvalue weighted by atomic mass is 10.3. The molecule has 2 heterocycles. The number of aromatic nitrogens is 1. The molecule has 0 atom stereocenters. The summed E-state index contributed by atoms with van der Waals surface area (Å²) >= 11 is 1.61. The highest BCUT2D eigenvalue weighted by atomic mass is 32.2. The van der Waals surface area contributed by atoms with Crippen LogP contribution in [0.1, 0.15) is 18.7 Å². The topological polar surface area (TPSA) is 88.5 Å². The Hall–Kier alpha value is -1.97. The van der Waals surface area contributed by atoms with Gasteiger partial charge in [0.1, 0.15) is 6.54 Å². The molecule has 26 heavy (non-hydrogen) atoms. The van der Waals surface area contributed by atoms with Crippen molar-refractivity contribution in [1.29, 1.82) is 0 Å². The van der Waals surface area contributed by atoms with E-state index in [2.05, 4.69) is 5.32 Å². The maximum Gasteiger partial charge on any atom is 0.251 e. The summed E-state index contributed by atoms with van der Waals surface area (Å²) in [5, 5.41) is 4.72. The molecule has 1 N–H and O–H groups in total. The van der Waals surface area contributed by atoms with E-state index >= 15 is 0 Å². The number of nitrogens with zero attached hydrogens (tertiary/aromatic N) is 2. The van der Waals surface area contributed by atoms with Crippen LogP contribution < -0.4 is 10.9 Å². The van der Waals surface area contributed by atoms with E-state index in [1.807, 2.05) is 17.5 Å². The van der Waals surface area contributed by atoms with Crippen molar-refractivity contribution >= 4 is 27.3 Å². The standard InChI is InChI=1S/C17H23N3O4S2/c1-3-20(4-2)26(23,24)15-7-8-17(22)19(12-15)13-16(21)18-10-9-14-6-5-11-25-14/h5-8,11-12H,3-4,9-10,13H2,1-2H3,(H,18,21). The summed E-state index contributed by atoms with van der Waals surface area (Å²) in [5.74, 6) is -0.332. The van der Waals surface area contributed by atoms with Crippen molar-refractivity contribution in [3.63, 3.8) is 0 Å². The van der Waals surface area contributed by atoms with E-state index in [-0.39, 0.29) is 17.3 Å². The number of sulfonamides is 1. The first-order valence-corrected chi connectivity index (χ1v) is 10.7. The Kier molecular flexibility index (Phi) is 7.13. The van der Waals surface area contributed by atoms with Crippen molar-refractivity contribution in [2.75, 3.05) is 19.6 Å². The van der Waals surface area contributed by atoms with Gasteiger partial charge in [0.05, 0.1) is 4.90 Å². The minimum absolute atomic E-state index is 0.00665. The molecule has 0 bridgehead atoms. The first kappa shape index (κ1) is 20.3. The molecule has 0 spiro atoms. The van der Waals surface area contributed by atoms with E-state index < -0.39 is 15.6 Å². The fraction of sp³-hybridized carbons (Fsp3) is 0.412. The van der Waals surface area contributed by atoms with Crippen LogP contribution in [0.15, 0.2) is 45.5 Å². The van der Waals surface area contributed by atoms with Gasteiger partial charge in [-0.15, -0.1) is 11.3 Å². The number of nitrogens with one attached hydrogen (secondary N) is 1. The Morgan fingerprint density at radius 1 is 1.23 bits per heavy atom. The number of carbonyl (C=O) groups excluding carboxylic acids is 1. The van der Waals surface area contributed by atoms with Gasteiger partial charge in [0.15, 0.2) is 0 Å². The fourth-order valence-corrected chi connectivity index (χ4v) is 4.68. The highest BCUT2D eigenvalue weighted by molar-refractivity contribution is 7.89. The van der Waals surface area contributed by atoms with E-state index in [9.17, 15) is 18.0 Å². The molecule has 0 aromatic carbocycles. The summed E-state index contributed by atoms with van der Waals surface area (Å²) in [6, 6.07) is 6.39. The summed E-state index contributed by atoms with van der Waals surface area (Å²) in [5.41, 5.74) is -0.420. The number of pyridine rings is 1. The predicted octanol–water partition coefficient (Wildman–Crippen LogP) is 1.30. The third-order valence-electron chi connectivity index (χ3n) is 3.89. The minimum Gasteiger partial charge on any atom is -0.354 e. The zero-order chi connectivity index (χ0) is 19.2. The van der Waals surface area contributed by atoms with Gasteiger partial charge in [0.25, 0.3) is 5.56 Å². The van der Waals surface area contributed by atoms with Crippen LogP contribution >= 0.6 is 11.3 Å². The largest absolute Gasteiger partial charge is 0.354 e. The van der Waals surface area contributed by atoms with Crippen LogP contribution in [0.3, 0.4) is 0 Å². The van der Waals surface area contributed by atoms with Crippen molar-refractivity contribution in [3.05, 3.63) is 51.1 Å². The lowest BCUT2D eigenvalue weighted by Crippen LogP contribution is -2.35. The fourth-order valence-electron chi connectivity index (χ4n) is 2.49. The SMILES string of the molecule is CCN(CC)S(=O)(=O)c1ccc(=O)n(CC(=O)NCCc2cccs2)c1. The van der Waals surface area contributed by atoms with Crippen LogP contribution in [0.5, 0.6) is 0 Å². The molecule has 0 saturated heterocycles. The Bertz CT molecular complexity index is 885. The second-order valence-electron chi connectivity index (χ2n) is 5.60. The van der Waals surface area contributed by atoms with Crippen molar-refractivity contribution in [1.82, 2.24) is 14.2 Å². The average Bonchev–Trinajstić information content (AvgIpc) is 3.11. The summed E-state index contributed by atoms with van der Waals surface area (Å²) < 4.78 is 27.5. The molecule has 0 saturated carbocycles. The molecule has 0 fully saturated rings. The molecular formula is C17H23N3O4S2. The third-order valence-corrected chi connectivity index (χ3v) is 6.86. The molecule has 2 rings (SSSR count). The Balaban J connectivity index is 2.07. The first-order valence-electron chi connectivity index (χ1n) is 8.38. The van der Waals surface area contributed by atoms with E-state index in [1.165, 1.54) is 22.6 Å². The lowest BCUT2D eigenvalue weighted by molar-refractivity contribution is -0.121. The molecule has 2 aromatic rings. The molecule has 0 aliphatic carbocycles. The van der Waals surface area contributed by atoms with Crippen molar-refractivity contribution in [3.8, 4) is 0 Å². The molecule has 7 nitrogen and oxygen atoms in total. The monoisotopic (exact) mass is 397 g/mol. The first-order chi connectivity index (χ1) is 12.4. The normalized spacial score (nSPS) is 11.7. The average molecular weight is 398 g/mol. The second kappa shape index (κ2) is 9.11. The summed E-state index contributed by atoms with van der Waals surface area (Å²) in [4.78, 5) is 25.2. The van der Waals surface area contributed by atoms with Gasteiger partial charge in [0, 0.05) is 36.8 Å². The van der Waals surface area contributed by atoms with Crippen LogP contribution in [0.25, 0.3) is 0 Å². The van der Waals surface area contributed by atoms with E-state index in [0.717, 1.165) is 9.44 Å². The van der Waals surface area contributed by atoms with Crippen LogP contribution in [-0.2, 0) is 27.8 Å². The molecule has 0 radical (unpaired) electrons. The lowest BCUT2D eigenvalue weighted by Gasteiger charge is -2.19. The number of hydrogen-bond donors (Lipinski definition) is 1. The van der Waals surface area contributed by atoms with Gasteiger partial charge in [-0.05, 0) is 23.9 Å². The maximum atomic E-state index is 12.6. The molecule has 1 amide bonds. The second-order valence-corrected chi connectivity index (χ2v) is 8.57. The Morgan fingerprint density at radius 3 is 2.58 bits per heavy atom. The maximum absolute atomic E-state index is 12.6. The van der Waals surface area contributed by atoms with Crippen LogP contribution in [-0.4, -0.2) is 42.8 Å². The van der Waals surface area contributed by atoms with Crippen LogP contribution in [0, 0.1) is 0 Å². The van der Waals surface area contributed by atoms with E-state index in [1.54, 1.807) is 25.2 Å². The number of carbonyl (C=O) groups is 1. The van der Waals surface area contributed by atoms with Gasteiger partial charge in [-0.2, -0.15) is 4.31 Å². The quantitative estimate of drug-likeness (QED) is 0.691. The van der Waals surface area contributed by atoms with E-state index in [4.69, 9.17) is 0 Å². The van der Waals surface area contributed by atoms with Gasteiger partial charge >= 0.3 is 0 Å². The highest BCUT2D eigenvalue weighted by Crippen LogP contribution is 2.13.